The van der Waals surface area contributed by atoms with Gasteiger partial charge in [-0.15, -0.1) is 0 Å². The van der Waals surface area contributed by atoms with Gasteiger partial charge in [0, 0.05) is 18.8 Å². The minimum atomic E-state index is 1.07. The van der Waals surface area contributed by atoms with Crippen LogP contribution in [-0.2, 0) is 0 Å². The van der Waals surface area contributed by atoms with Crippen molar-refractivity contribution in [2.45, 2.75) is 19.3 Å². The molecular formula is C8H14N2. The van der Waals surface area contributed by atoms with Gasteiger partial charge in [-0.1, -0.05) is 0 Å². The first-order valence-corrected chi connectivity index (χ1v) is 3.77. The fraction of sp³-hybridized carbons (Fsp3) is 0.625. The van der Waals surface area contributed by atoms with Gasteiger partial charge >= 0.3 is 0 Å². The molecule has 56 valence electrons. The minimum Gasteiger partial charge on any atom is -0.320 e. The lowest BCUT2D eigenvalue weighted by molar-refractivity contribution is 0.718. The van der Waals surface area contributed by atoms with Crippen LogP contribution in [0.1, 0.15) is 19.3 Å². The van der Waals surface area contributed by atoms with Crippen LogP contribution in [0.3, 0.4) is 0 Å². The maximum atomic E-state index is 4.04. The van der Waals surface area contributed by atoms with Crippen LogP contribution in [-0.4, -0.2) is 19.8 Å². The smallest absolute Gasteiger partial charge is 0.0259 e. The highest BCUT2D eigenvalue weighted by atomic mass is 14.8. The van der Waals surface area contributed by atoms with Gasteiger partial charge in [0.2, 0.25) is 0 Å². The first-order chi connectivity index (χ1) is 4.93. The summed E-state index contributed by atoms with van der Waals surface area (Å²) in [5.74, 6) is 0. The molecular weight excluding hydrogens is 124 g/mol. The van der Waals surface area contributed by atoms with Crippen LogP contribution >= 0.6 is 0 Å². The van der Waals surface area contributed by atoms with E-state index >= 15 is 0 Å². The molecule has 1 N–H and O–H groups in total. The molecule has 0 aromatic heterocycles. The number of nitrogens with one attached hydrogen (secondary N) is 1. The highest BCUT2D eigenvalue weighted by molar-refractivity contribution is 5.65. The second-order valence-electron chi connectivity index (χ2n) is 2.53. The van der Waals surface area contributed by atoms with Crippen LogP contribution in [0.25, 0.3) is 0 Å². The Kier molecular flexibility index (Phi) is 3.16. The van der Waals surface area contributed by atoms with Crippen LogP contribution in [0.2, 0.25) is 0 Å². The maximum Gasteiger partial charge on any atom is 0.0259 e. The van der Waals surface area contributed by atoms with Crippen LogP contribution in [0.15, 0.2) is 16.8 Å². The highest BCUT2D eigenvalue weighted by Crippen LogP contribution is 2.11. The maximum absolute atomic E-state index is 4.04. The van der Waals surface area contributed by atoms with E-state index in [2.05, 4.69) is 10.3 Å². The Balaban J connectivity index is 2.04. The van der Waals surface area contributed by atoms with Crippen molar-refractivity contribution < 1.29 is 0 Å². The van der Waals surface area contributed by atoms with Gasteiger partial charge in [-0.3, -0.25) is 4.99 Å². The average molecular weight is 138 g/mol. The van der Waals surface area contributed by atoms with Gasteiger partial charge in [0.15, 0.2) is 0 Å². The number of hydrogen-bond donors (Lipinski definition) is 1. The summed E-state index contributed by atoms with van der Waals surface area (Å²) in [4.78, 5) is 4.04. The molecule has 0 saturated carbocycles. The summed E-state index contributed by atoms with van der Waals surface area (Å²) in [6.45, 7) is 1.11. The minimum absolute atomic E-state index is 1.07. The Morgan fingerprint density at radius 3 is 3.20 bits per heavy atom. The van der Waals surface area contributed by atoms with Gasteiger partial charge in [-0.2, -0.15) is 0 Å². The number of allylic oxidation sites excluding steroid dienone is 1. The van der Waals surface area contributed by atoms with Crippen LogP contribution in [0, 0.1) is 0 Å². The zero-order valence-electron chi connectivity index (χ0n) is 6.43. The van der Waals surface area contributed by atoms with Crippen molar-refractivity contribution in [1.29, 1.82) is 0 Å². The summed E-state index contributed by atoms with van der Waals surface area (Å²) < 4.78 is 0. The SMILES string of the molecule is CNCCCC1=CN=CC1. The van der Waals surface area contributed by atoms with Crippen LogP contribution in [0.5, 0.6) is 0 Å². The monoisotopic (exact) mass is 138 g/mol. The van der Waals surface area contributed by atoms with Crippen LogP contribution < -0.4 is 5.32 Å². The molecule has 0 atom stereocenters. The molecule has 0 aromatic carbocycles. The highest BCUT2D eigenvalue weighted by Gasteiger charge is 1.98. The van der Waals surface area contributed by atoms with E-state index in [9.17, 15) is 0 Å². The fourth-order valence-corrected chi connectivity index (χ4v) is 1.04. The van der Waals surface area contributed by atoms with Crippen molar-refractivity contribution in [2.75, 3.05) is 13.6 Å². The van der Waals surface area contributed by atoms with E-state index in [1.165, 1.54) is 18.4 Å². The molecule has 1 rings (SSSR count). The number of aliphatic imine (C=N–C) groups is 1. The lowest BCUT2D eigenvalue weighted by Gasteiger charge is -1.98. The molecule has 0 saturated heterocycles. The largest absolute Gasteiger partial charge is 0.320 e. The lowest BCUT2D eigenvalue weighted by Crippen LogP contribution is -2.07. The standard InChI is InChI=1S/C8H14N2/c1-9-5-2-3-8-4-6-10-7-8/h6-7,9H,2-5H2,1H3. The second-order valence-corrected chi connectivity index (χ2v) is 2.53. The first kappa shape index (κ1) is 7.48. The second kappa shape index (κ2) is 4.23. The quantitative estimate of drug-likeness (QED) is 0.582. The molecule has 1 aliphatic heterocycles. The molecule has 1 heterocycles. The summed E-state index contributed by atoms with van der Waals surface area (Å²) >= 11 is 0. The molecule has 0 unspecified atom stereocenters. The molecule has 10 heavy (non-hydrogen) atoms. The molecule has 2 heteroatoms. The number of nitrogens with zero attached hydrogens (tertiary/aromatic N) is 1. The lowest BCUT2D eigenvalue weighted by atomic mass is 10.1. The van der Waals surface area contributed by atoms with Crippen molar-refractivity contribution in [3.63, 3.8) is 0 Å². The van der Waals surface area contributed by atoms with Crippen molar-refractivity contribution in [3.05, 3.63) is 11.8 Å². The van der Waals surface area contributed by atoms with Gasteiger partial charge < -0.3 is 5.32 Å². The van der Waals surface area contributed by atoms with Gasteiger partial charge in [-0.05, 0) is 32.0 Å². The van der Waals surface area contributed by atoms with E-state index in [4.69, 9.17) is 0 Å². The third-order valence-corrected chi connectivity index (χ3v) is 1.64. The van der Waals surface area contributed by atoms with Gasteiger partial charge in [0.05, 0.1) is 0 Å². The molecule has 0 radical (unpaired) electrons. The summed E-state index contributed by atoms with van der Waals surface area (Å²) in [6.07, 6.45) is 7.45. The van der Waals surface area contributed by atoms with Gasteiger partial charge in [0.1, 0.15) is 0 Å². The van der Waals surface area contributed by atoms with Gasteiger partial charge in [-0.25, -0.2) is 0 Å². The third-order valence-electron chi connectivity index (χ3n) is 1.64. The van der Waals surface area contributed by atoms with Crippen molar-refractivity contribution in [3.8, 4) is 0 Å². The molecule has 1 aliphatic rings. The Labute approximate surface area is 62.0 Å². The van der Waals surface area contributed by atoms with Gasteiger partial charge in [0.25, 0.3) is 0 Å². The van der Waals surface area contributed by atoms with Crippen molar-refractivity contribution >= 4 is 6.21 Å². The first-order valence-electron chi connectivity index (χ1n) is 3.77. The summed E-state index contributed by atoms with van der Waals surface area (Å²) in [5, 5.41) is 3.12. The number of hydrogen-bond acceptors (Lipinski definition) is 2. The van der Waals surface area contributed by atoms with Crippen molar-refractivity contribution in [1.82, 2.24) is 5.32 Å². The zero-order valence-corrected chi connectivity index (χ0v) is 6.43. The molecule has 0 bridgehead atoms. The Morgan fingerprint density at radius 1 is 1.70 bits per heavy atom. The predicted octanol–water partition coefficient (Wildman–Crippen LogP) is 1.34. The van der Waals surface area contributed by atoms with E-state index in [1.54, 1.807) is 0 Å². The fourth-order valence-electron chi connectivity index (χ4n) is 1.04. The Bertz CT molecular complexity index is 147. The van der Waals surface area contributed by atoms with E-state index in [-0.39, 0.29) is 0 Å². The Hall–Kier alpha value is -0.630. The number of rotatable bonds is 4. The van der Waals surface area contributed by atoms with E-state index < -0.39 is 0 Å². The molecule has 0 amide bonds. The molecule has 0 spiro atoms. The molecule has 0 aliphatic carbocycles. The topological polar surface area (TPSA) is 24.4 Å². The normalized spacial score (nSPS) is 15.9. The zero-order chi connectivity index (χ0) is 7.23. The van der Waals surface area contributed by atoms with Crippen molar-refractivity contribution in [2.24, 2.45) is 4.99 Å². The third kappa shape index (κ3) is 2.31. The molecule has 0 fully saturated rings. The average Bonchev–Trinajstić information content (AvgIpc) is 2.41. The Morgan fingerprint density at radius 2 is 2.60 bits per heavy atom. The van der Waals surface area contributed by atoms with E-state index in [0.29, 0.717) is 0 Å². The summed E-state index contributed by atoms with van der Waals surface area (Å²) in [7, 11) is 1.99. The molecule has 2 nitrogen and oxygen atoms in total. The summed E-state index contributed by atoms with van der Waals surface area (Å²) in [6, 6.07) is 0. The predicted molar refractivity (Wildman–Crippen MR) is 44.4 cm³/mol. The molecule has 0 aromatic rings. The van der Waals surface area contributed by atoms with E-state index in [0.717, 1.165) is 13.0 Å². The summed E-state index contributed by atoms with van der Waals surface area (Å²) in [5.41, 5.74) is 1.47. The van der Waals surface area contributed by atoms with E-state index in [1.807, 2.05) is 19.5 Å². The van der Waals surface area contributed by atoms with Crippen LogP contribution in [0.4, 0.5) is 0 Å².